The van der Waals surface area contributed by atoms with Crippen LogP contribution in [-0.2, 0) is 32.0 Å². The molecule has 0 radical (unpaired) electrons. The van der Waals surface area contributed by atoms with Crippen molar-refractivity contribution >= 4 is 35.1 Å². The molecule has 2 aliphatic carbocycles. The van der Waals surface area contributed by atoms with Crippen molar-refractivity contribution in [2.45, 2.75) is 45.4 Å². The van der Waals surface area contributed by atoms with Crippen molar-refractivity contribution in [2.24, 2.45) is 23.7 Å². The predicted octanol–water partition coefficient (Wildman–Crippen LogP) is 5.54. The number of imide groups is 1. The number of rotatable bonds is 8. The summed E-state index contributed by atoms with van der Waals surface area (Å²) in [4.78, 5) is 53.6. The molecule has 1 N–H and O–H groups in total. The lowest BCUT2D eigenvalue weighted by Gasteiger charge is -2.28. The lowest BCUT2D eigenvalue weighted by atomic mass is 9.73. The normalized spacial score (nSPS) is 24.4. The minimum Gasteiger partial charge on any atom is -0.452 e. The molecule has 3 aromatic rings. The molecule has 0 spiro atoms. The molecule has 5 atom stereocenters. The van der Waals surface area contributed by atoms with Crippen LogP contribution in [0.4, 0.5) is 11.4 Å². The van der Waals surface area contributed by atoms with Crippen molar-refractivity contribution in [3.63, 3.8) is 0 Å². The van der Waals surface area contributed by atoms with Gasteiger partial charge in [0.15, 0.2) is 6.61 Å². The number of ether oxygens (including phenoxy) is 1. The molecule has 210 valence electrons. The number of carbonyl (C=O) groups is 4. The van der Waals surface area contributed by atoms with Crippen molar-refractivity contribution in [2.75, 3.05) is 16.8 Å². The Hall–Kier alpha value is -4.26. The summed E-state index contributed by atoms with van der Waals surface area (Å²) in [5.74, 6) is -1.19. The van der Waals surface area contributed by atoms with Crippen LogP contribution in [0.25, 0.3) is 0 Å². The number of amides is 3. The lowest BCUT2D eigenvalue weighted by Crippen LogP contribution is -2.33. The molecular formula is C34H34N2O5. The van der Waals surface area contributed by atoms with Crippen LogP contribution in [0.2, 0.25) is 0 Å². The summed E-state index contributed by atoms with van der Waals surface area (Å²) in [5, 5.41) is 2.89. The van der Waals surface area contributed by atoms with E-state index in [1.165, 1.54) is 22.6 Å². The van der Waals surface area contributed by atoms with E-state index in [0.29, 0.717) is 11.6 Å². The van der Waals surface area contributed by atoms with Crippen LogP contribution in [0.1, 0.15) is 59.7 Å². The molecule has 3 fully saturated rings. The van der Waals surface area contributed by atoms with Gasteiger partial charge in [-0.25, -0.2) is 4.79 Å². The zero-order chi connectivity index (χ0) is 28.7. The number of aryl methyl sites for hydroxylation is 2. The maximum atomic E-state index is 13.6. The number of hydrogen-bond donors (Lipinski definition) is 1. The average molecular weight is 551 g/mol. The van der Waals surface area contributed by atoms with Crippen LogP contribution in [0.3, 0.4) is 0 Å². The largest absolute Gasteiger partial charge is 0.452 e. The van der Waals surface area contributed by atoms with Crippen LogP contribution < -0.4 is 10.2 Å². The second kappa shape index (κ2) is 11.0. The maximum Gasteiger partial charge on any atom is 0.338 e. The first-order valence-corrected chi connectivity index (χ1v) is 14.5. The SMILES string of the molecule is CCc1cccc(CC)c1NC(=O)COC(=O)c1ccc(N2C(=O)[C@@H]3[C@@H]4C[C@@H]([C@H]3C2=O)[C@@H](c2ccccc2)C4)cc1. The van der Waals surface area contributed by atoms with Crippen LogP contribution in [0.15, 0.2) is 72.8 Å². The van der Waals surface area contributed by atoms with Gasteiger partial charge in [0.25, 0.3) is 5.91 Å². The molecule has 6 rings (SSSR count). The highest BCUT2D eigenvalue weighted by molar-refractivity contribution is 6.22. The Labute approximate surface area is 239 Å². The van der Waals surface area contributed by atoms with Crippen LogP contribution in [-0.4, -0.2) is 30.3 Å². The molecule has 3 aromatic carbocycles. The van der Waals surface area contributed by atoms with Gasteiger partial charge >= 0.3 is 5.97 Å². The number of fused-ring (bicyclic) bond motifs is 5. The van der Waals surface area contributed by atoms with Gasteiger partial charge in [-0.2, -0.15) is 0 Å². The minimum absolute atomic E-state index is 0.134. The van der Waals surface area contributed by atoms with Crippen molar-refractivity contribution < 1.29 is 23.9 Å². The van der Waals surface area contributed by atoms with Crippen LogP contribution in [0.5, 0.6) is 0 Å². The quantitative estimate of drug-likeness (QED) is 0.294. The first kappa shape index (κ1) is 26.9. The van der Waals surface area contributed by atoms with Crippen LogP contribution >= 0.6 is 0 Å². The summed E-state index contributed by atoms with van der Waals surface area (Å²) in [7, 11) is 0. The first-order chi connectivity index (χ1) is 19.9. The molecular weight excluding hydrogens is 516 g/mol. The number of anilines is 2. The van der Waals surface area contributed by atoms with Crippen molar-refractivity contribution in [1.29, 1.82) is 0 Å². The van der Waals surface area contributed by atoms with E-state index in [1.54, 1.807) is 12.1 Å². The van der Waals surface area contributed by atoms with Gasteiger partial charge in [0.05, 0.1) is 23.1 Å². The Morgan fingerprint density at radius 2 is 1.49 bits per heavy atom. The number of nitrogens with one attached hydrogen (secondary N) is 1. The molecule has 3 amide bonds. The third-order valence-electron chi connectivity index (χ3n) is 9.20. The highest BCUT2D eigenvalue weighted by atomic mass is 16.5. The molecule has 41 heavy (non-hydrogen) atoms. The van der Waals surface area contributed by atoms with E-state index >= 15 is 0 Å². The van der Waals surface area contributed by atoms with Crippen molar-refractivity contribution in [3.8, 4) is 0 Å². The molecule has 7 heteroatoms. The lowest BCUT2D eigenvalue weighted by molar-refractivity contribution is -0.123. The zero-order valence-electron chi connectivity index (χ0n) is 23.3. The summed E-state index contributed by atoms with van der Waals surface area (Å²) < 4.78 is 5.27. The molecule has 7 nitrogen and oxygen atoms in total. The number of esters is 1. The van der Waals surface area contributed by atoms with Crippen LogP contribution in [0, 0.1) is 23.7 Å². The summed E-state index contributed by atoms with van der Waals surface area (Å²) in [6.07, 6.45) is 3.40. The molecule has 0 unspecified atom stereocenters. The molecule has 0 aromatic heterocycles. The van der Waals surface area contributed by atoms with Crippen molar-refractivity contribution in [3.05, 3.63) is 95.1 Å². The Morgan fingerprint density at radius 3 is 2.15 bits per heavy atom. The minimum atomic E-state index is -0.647. The molecule has 3 aliphatic rings. The van der Waals surface area contributed by atoms with Gasteiger partial charge in [0.1, 0.15) is 0 Å². The van der Waals surface area contributed by atoms with Gasteiger partial charge in [-0.05, 0) is 84.4 Å². The summed E-state index contributed by atoms with van der Waals surface area (Å²) >= 11 is 0. The van der Waals surface area contributed by atoms with Gasteiger partial charge in [0, 0.05) is 5.69 Å². The fourth-order valence-corrected chi connectivity index (χ4v) is 7.34. The summed E-state index contributed by atoms with van der Waals surface area (Å²) in [5.41, 5.74) is 4.78. The molecule has 1 aliphatic heterocycles. The Bertz CT molecular complexity index is 1480. The monoisotopic (exact) mass is 550 g/mol. The Balaban J connectivity index is 1.10. The Kier molecular flexibility index (Phi) is 7.20. The van der Waals surface area contributed by atoms with E-state index in [4.69, 9.17) is 4.74 Å². The molecule has 2 saturated carbocycles. The smallest absolute Gasteiger partial charge is 0.338 e. The maximum absolute atomic E-state index is 13.6. The number of benzene rings is 3. The van der Waals surface area contributed by atoms with Gasteiger partial charge in [-0.1, -0.05) is 62.4 Å². The second-order valence-corrected chi connectivity index (χ2v) is 11.3. The first-order valence-electron chi connectivity index (χ1n) is 14.5. The second-order valence-electron chi connectivity index (χ2n) is 11.3. The highest BCUT2D eigenvalue weighted by Crippen LogP contribution is 2.61. The number of carbonyl (C=O) groups excluding carboxylic acids is 4. The van der Waals surface area contributed by atoms with E-state index in [0.717, 1.165) is 42.5 Å². The van der Waals surface area contributed by atoms with Gasteiger partial charge in [-0.3, -0.25) is 19.3 Å². The third kappa shape index (κ3) is 4.73. The molecule has 1 heterocycles. The van der Waals surface area contributed by atoms with E-state index in [1.807, 2.05) is 50.2 Å². The number of para-hydroxylation sites is 1. The standard InChI is InChI=1S/C34H34N2O5/c1-3-20-11-8-12-21(4-2)31(20)35-28(37)19-41-34(40)23-13-15-25(16-14-23)36-32(38)29-24-17-26(22-9-6-5-7-10-22)27(18-24)30(29)33(36)39/h5-16,24,26-27,29-30H,3-4,17-19H2,1-2H3,(H,35,37)/t24-,26+,27+,29+,30+/m0/s1. The number of nitrogens with zero attached hydrogens (tertiary/aromatic N) is 1. The highest BCUT2D eigenvalue weighted by Gasteiger charge is 2.64. The van der Waals surface area contributed by atoms with Gasteiger partial charge < -0.3 is 10.1 Å². The Morgan fingerprint density at radius 1 is 0.829 bits per heavy atom. The number of hydrogen-bond acceptors (Lipinski definition) is 5. The van der Waals surface area contributed by atoms with E-state index in [2.05, 4.69) is 17.4 Å². The van der Waals surface area contributed by atoms with Gasteiger partial charge in [0.2, 0.25) is 11.8 Å². The zero-order valence-corrected chi connectivity index (χ0v) is 23.3. The third-order valence-corrected chi connectivity index (χ3v) is 9.20. The topological polar surface area (TPSA) is 92.8 Å². The van der Waals surface area contributed by atoms with Gasteiger partial charge in [-0.15, -0.1) is 0 Å². The fourth-order valence-electron chi connectivity index (χ4n) is 7.34. The summed E-state index contributed by atoms with van der Waals surface area (Å²) in [6, 6.07) is 22.5. The fraction of sp³-hybridized carbons (Fsp3) is 0.353. The predicted molar refractivity (Wildman–Crippen MR) is 155 cm³/mol. The molecule has 2 bridgehead atoms. The average Bonchev–Trinajstić information content (AvgIpc) is 3.67. The van der Waals surface area contributed by atoms with E-state index in [-0.39, 0.29) is 41.0 Å². The molecule has 1 saturated heterocycles. The van der Waals surface area contributed by atoms with E-state index in [9.17, 15) is 19.2 Å². The summed E-state index contributed by atoms with van der Waals surface area (Å²) in [6.45, 7) is 3.63. The van der Waals surface area contributed by atoms with Crippen molar-refractivity contribution in [1.82, 2.24) is 0 Å². The van der Waals surface area contributed by atoms with E-state index < -0.39 is 18.5 Å².